The second kappa shape index (κ2) is 5.55. The van der Waals surface area contributed by atoms with E-state index in [2.05, 4.69) is 5.32 Å². The summed E-state index contributed by atoms with van der Waals surface area (Å²) in [6.07, 6.45) is 0.670. The first-order valence-electron chi connectivity index (χ1n) is 5.54. The Labute approximate surface area is 111 Å². The lowest BCUT2D eigenvalue weighted by molar-refractivity contribution is 0.0268. The molecule has 17 heavy (non-hydrogen) atoms. The Kier molecular flexibility index (Phi) is 4.28. The molecule has 1 aliphatic rings. The van der Waals surface area contributed by atoms with Crippen LogP contribution in [0, 0.1) is 0 Å². The van der Waals surface area contributed by atoms with Gasteiger partial charge in [-0.2, -0.15) is 0 Å². The molecule has 1 heterocycles. The summed E-state index contributed by atoms with van der Waals surface area (Å²) in [5.74, 6) is 0. The maximum absolute atomic E-state index is 10.0. The van der Waals surface area contributed by atoms with Crippen molar-refractivity contribution in [3.05, 3.63) is 33.8 Å². The lowest BCUT2D eigenvalue weighted by Crippen LogP contribution is -2.40. The summed E-state index contributed by atoms with van der Waals surface area (Å²) >= 11 is 11.9. The minimum atomic E-state index is -0.745. The predicted octanol–water partition coefficient (Wildman–Crippen LogP) is 2.23. The van der Waals surface area contributed by atoms with E-state index >= 15 is 0 Å². The van der Waals surface area contributed by atoms with E-state index in [0.29, 0.717) is 42.8 Å². The van der Waals surface area contributed by atoms with Gasteiger partial charge in [-0.05, 0) is 23.8 Å². The van der Waals surface area contributed by atoms with Crippen LogP contribution >= 0.6 is 23.2 Å². The van der Waals surface area contributed by atoms with E-state index in [1.165, 1.54) is 0 Å². The van der Waals surface area contributed by atoms with E-state index < -0.39 is 5.60 Å². The third-order valence-corrected chi connectivity index (χ3v) is 3.46. The smallest absolute Gasteiger partial charge is 0.102 e. The van der Waals surface area contributed by atoms with Crippen LogP contribution in [0.15, 0.2) is 18.2 Å². The summed E-state index contributed by atoms with van der Waals surface area (Å²) in [6, 6.07) is 5.35. The maximum atomic E-state index is 10.0. The normalized spacial score (nSPS) is 24.2. The Morgan fingerprint density at radius 2 is 2.24 bits per heavy atom. The highest BCUT2D eigenvalue weighted by atomic mass is 35.5. The molecular formula is C12H15Cl2NO2. The van der Waals surface area contributed by atoms with Crippen LogP contribution in [0.1, 0.15) is 12.0 Å². The molecule has 2 rings (SSSR count). The molecule has 0 aliphatic carbocycles. The van der Waals surface area contributed by atoms with Crippen molar-refractivity contribution in [3.8, 4) is 0 Å². The van der Waals surface area contributed by atoms with Gasteiger partial charge in [0.25, 0.3) is 0 Å². The highest BCUT2D eigenvalue weighted by Crippen LogP contribution is 2.21. The zero-order chi connectivity index (χ0) is 12.3. The van der Waals surface area contributed by atoms with Crippen molar-refractivity contribution in [2.24, 2.45) is 0 Å². The Morgan fingerprint density at radius 1 is 1.41 bits per heavy atom. The van der Waals surface area contributed by atoms with Crippen LogP contribution in [0.2, 0.25) is 10.0 Å². The molecule has 1 aliphatic heterocycles. The van der Waals surface area contributed by atoms with E-state index in [4.69, 9.17) is 27.9 Å². The van der Waals surface area contributed by atoms with Gasteiger partial charge in [-0.25, -0.2) is 0 Å². The highest BCUT2D eigenvalue weighted by Gasteiger charge is 2.31. The van der Waals surface area contributed by atoms with E-state index in [0.717, 1.165) is 5.56 Å². The van der Waals surface area contributed by atoms with Gasteiger partial charge in [0.15, 0.2) is 0 Å². The first-order valence-corrected chi connectivity index (χ1v) is 6.29. The average molecular weight is 276 g/mol. The largest absolute Gasteiger partial charge is 0.386 e. The zero-order valence-corrected chi connectivity index (χ0v) is 10.9. The standard InChI is InChI=1S/C12H15Cl2NO2/c13-10-1-2-11(14)9(5-10)6-15-7-12(16)3-4-17-8-12/h1-2,5,15-16H,3-4,6-8H2. The van der Waals surface area contributed by atoms with Crippen LogP contribution in [0.25, 0.3) is 0 Å². The predicted molar refractivity (Wildman–Crippen MR) is 68.6 cm³/mol. The first kappa shape index (κ1) is 13.1. The molecule has 0 bridgehead atoms. The van der Waals surface area contributed by atoms with Crippen molar-refractivity contribution in [2.75, 3.05) is 19.8 Å². The van der Waals surface area contributed by atoms with E-state index in [1.54, 1.807) is 12.1 Å². The van der Waals surface area contributed by atoms with Gasteiger partial charge in [-0.3, -0.25) is 0 Å². The molecule has 1 atom stereocenters. The number of halogens is 2. The van der Waals surface area contributed by atoms with Crippen LogP contribution in [0.5, 0.6) is 0 Å². The number of nitrogens with one attached hydrogen (secondary N) is 1. The molecule has 0 radical (unpaired) electrons. The summed E-state index contributed by atoms with van der Waals surface area (Å²) in [7, 11) is 0. The van der Waals surface area contributed by atoms with Crippen LogP contribution in [0.4, 0.5) is 0 Å². The van der Waals surface area contributed by atoms with Crippen LogP contribution in [-0.2, 0) is 11.3 Å². The zero-order valence-electron chi connectivity index (χ0n) is 9.38. The SMILES string of the molecule is OC1(CNCc2cc(Cl)ccc2Cl)CCOC1. The summed E-state index contributed by atoms with van der Waals surface area (Å²) < 4.78 is 5.17. The minimum absolute atomic E-state index is 0.392. The number of benzene rings is 1. The molecule has 0 saturated carbocycles. The number of hydrogen-bond acceptors (Lipinski definition) is 3. The van der Waals surface area contributed by atoms with E-state index in [9.17, 15) is 5.11 Å². The first-order chi connectivity index (χ1) is 8.09. The summed E-state index contributed by atoms with van der Waals surface area (Å²) in [4.78, 5) is 0. The molecule has 3 nitrogen and oxygen atoms in total. The van der Waals surface area contributed by atoms with E-state index in [1.807, 2.05) is 6.07 Å². The van der Waals surface area contributed by atoms with Crippen molar-refractivity contribution in [2.45, 2.75) is 18.6 Å². The van der Waals surface area contributed by atoms with E-state index in [-0.39, 0.29) is 0 Å². The van der Waals surface area contributed by atoms with Gasteiger partial charge < -0.3 is 15.2 Å². The topological polar surface area (TPSA) is 41.5 Å². The number of hydrogen-bond donors (Lipinski definition) is 2. The van der Waals surface area contributed by atoms with Crippen LogP contribution in [-0.4, -0.2) is 30.5 Å². The van der Waals surface area contributed by atoms with Crippen molar-refractivity contribution >= 4 is 23.2 Å². The lowest BCUT2D eigenvalue weighted by atomic mass is 10.0. The fourth-order valence-electron chi connectivity index (χ4n) is 1.84. The molecule has 1 fully saturated rings. The van der Waals surface area contributed by atoms with Crippen LogP contribution < -0.4 is 5.32 Å². The summed E-state index contributed by atoms with van der Waals surface area (Å²) in [5, 5.41) is 14.6. The molecular weight excluding hydrogens is 261 g/mol. The van der Waals surface area contributed by atoms with Gasteiger partial charge in [-0.15, -0.1) is 0 Å². The van der Waals surface area contributed by atoms with Crippen molar-refractivity contribution in [3.63, 3.8) is 0 Å². The summed E-state index contributed by atoms with van der Waals surface area (Å²) in [5.41, 5.74) is 0.187. The molecule has 0 aromatic heterocycles. The third-order valence-electron chi connectivity index (χ3n) is 2.86. The Bertz CT molecular complexity index is 392. The average Bonchev–Trinajstić information content (AvgIpc) is 2.71. The van der Waals surface area contributed by atoms with Gasteiger partial charge in [-0.1, -0.05) is 23.2 Å². The van der Waals surface area contributed by atoms with Crippen molar-refractivity contribution < 1.29 is 9.84 Å². The number of ether oxygens (including phenoxy) is 1. The molecule has 0 spiro atoms. The lowest BCUT2D eigenvalue weighted by Gasteiger charge is -2.20. The highest BCUT2D eigenvalue weighted by molar-refractivity contribution is 6.33. The molecule has 0 amide bonds. The Hall–Kier alpha value is -0.320. The van der Waals surface area contributed by atoms with Gasteiger partial charge in [0.05, 0.1) is 6.61 Å². The molecule has 1 aromatic carbocycles. The molecule has 94 valence electrons. The number of rotatable bonds is 4. The van der Waals surface area contributed by atoms with Gasteiger partial charge in [0.2, 0.25) is 0 Å². The third kappa shape index (κ3) is 3.57. The fourth-order valence-corrected chi connectivity index (χ4v) is 2.22. The Morgan fingerprint density at radius 3 is 2.94 bits per heavy atom. The molecule has 5 heteroatoms. The Balaban J connectivity index is 1.87. The molecule has 1 unspecified atom stereocenters. The monoisotopic (exact) mass is 275 g/mol. The molecule has 2 N–H and O–H groups in total. The molecule has 1 saturated heterocycles. The quantitative estimate of drug-likeness (QED) is 0.886. The fraction of sp³-hybridized carbons (Fsp3) is 0.500. The number of aliphatic hydroxyl groups is 1. The second-order valence-corrected chi connectivity index (χ2v) is 5.21. The van der Waals surface area contributed by atoms with Gasteiger partial charge in [0, 0.05) is 36.2 Å². The minimum Gasteiger partial charge on any atom is -0.386 e. The van der Waals surface area contributed by atoms with Gasteiger partial charge in [0.1, 0.15) is 5.60 Å². The molecule has 1 aromatic rings. The van der Waals surface area contributed by atoms with Crippen LogP contribution in [0.3, 0.4) is 0 Å². The van der Waals surface area contributed by atoms with Crippen molar-refractivity contribution in [1.82, 2.24) is 5.32 Å². The second-order valence-electron chi connectivity index (χ2n) is 4.37. The maximum Gasteiger partial charge on any atom is 0.102 e. The van der Waals surface area contributed by atoms with Crippen molar-refractivity contribution in [1.29, 1.82) is 0 Å². The summed E-state index contributed by atoms with van der Waals surface area (Å²) in [6.45, 7) is 2.09. The van der Waals surface area contributed by atoms with Gasteiger partial charge >= 0.3 is 0 Å².